The number of methoxy groups -OCH3 is 1. The van der Waals surface area contributed by atoms with Crippen LogP contribution in [0, 0.1) is 0 Å². The van der Waals surface area contributed by atoms with Crippen molar-refractivity contribution in [1.82, 2.24) is 9.99 Å². The maximum Gasteiger partial charge on any atom is 0.373 e. The third-order valence-electron chi connectivity index (χ3n) is 5.32. The highest BCUT2D eigenvalue weighted by atomic mass is 79.9. The maximum absolute atomic E-state index is 12.6. The summed E-state index contributed by atoms with van der Waals surface area (Å²) >= 11 is 6.86. The fraction of sp³-hybridized carbons (Fsp3) is 0.0800. The second kappa shape index (κ2) is 9.55. The van der Waals surface area contributed by atoms with Crippen molar-refractivity contribution in [2.75, 3.05) is 7.11 Å². The van der Waals surface area contributed by atoms with Crippen molar-refractivity contribution < 1.29 is 23.2 Å². The Balaban J connectivity index is 1.36. The van der Waals surface area contributed by atoms with Gasteiger partial charge in [0.05, 0.1) is 24.3 Å². The van der Waals surface area contributed by atoms with Gasteiger partial charge in [-0.15, -0.1) is 0 Å². The number of carbonyl (C=O) groups is 2. The van der Waals surface area contributed by atoms with E-state index in [-0.39, 0.29) is 11.5 Å². The van der Waals surface area contributed by atoms with Crippen molar-refractivity contribution in [1.29, 1.82) is 0 Å². The number of hydrogen-bond acceptors (Lipinski definition) is 6. The van der Waals surface area contributed by atoms with Gasteiger partial charge in [0.2, 0.25) is 5.76 Å². The van der Waals surface area contributed by atoms with E-state index < -0.39 is 11.9 Å². The molecule has 0 aliphatic heterocycles. The summed E-state index contributed by atoms with van der Waals surface area (Å²) in [5.74, 6) is -0.0894. The van der Waals surface area contributed by atoms with E-state index in [0.717, 1.165) is 30.8 Å². The molecule has 8 nitrogen and oxygen atoms in total. The Morgan fingerprint density at radius 3 is 2.74 bits per heavy atom. The fourth-order valence-electron chi connectivity index (χ4n) is 3.75. The molecule has 0 spiro atoms. The number of aromatic nitrogens is 1. The summed E-state index contributed by atoms with van der Waals surface area (Å²) in [5.41, 5.74) is 4.85. The Kier molecular flexibility index (Phi) is 6.31. The predicted octanol–water partition coefficient (Wildman–Crippen LogP) is 6.10. The summed E-state index contributed by atoms with van der Waals surface area (Å²) < 4.78 is 19.6. The van der Waals surface area contributed by atoms with Crippen LogP contribution in [0.3, 0.4) is 0 Å². The van der Waals surface area contributed by atoms with E-state index in [1.54, 1.807) is 24.4 Å². The van der Waals surface area contributed by atoms with E-state index in [2.05, 4.69) is 42.4 Å². The summed E-state index contributed by atoms with van der Waals surface area (Å²) in [7, 11) is 1.31. The van der Waals surface area contributed by atoms with Crippen LogP contribution in [0.5, 0.6) is 0 Å². The Morgan fingerprint density at radius 2 is 1.91 bits per heavy atom. The zero-order chi connectivity index (χ0) is 24.5. The van der Waals surface area contributed by atoms with E-state index in [9.17, 15) is 9.59 Å². The molecule has 3 aromatic heterocycles. The number of halogens is 2. The largest absolute Gasteiger partial charge is 0.463 e. The van der Waals surface area contributed by atoms with Crippen molar-refractivity contribution in [3.05, 3.63) is 92.6 Å². The molecule has 2 aromatic carbocycles. The predicted molar refractivity (Wildman–Crippen MR) is 138 cm³/mol. The quantitative estimate of drug-likeness (QED) is 0.145. The second-order valence-electron chi connectivity index (χ2n) is 7.60. The van der Waals surface area contributed by atoms with Crippen LogP contribution in [0.2, 0.25) is 0 Å². The van der Waals surface area contributed by atoms with Crippen LogP contribution in [-0.4, -0.2) is 29.8 Å². The van der Waals surface area contributed by atoms with E-state index in [0.29, 0.717) is 17.9 Å². The van der Waals surface area contributed by atoms with Gasteiger partial charge >= 0.3 is 11.9 Å². The van der Waals surface area contributed by atoms with Gasteiger partial charge in [0.1, 0.15) is 11.3 Å². The van der Waals surface area contributed by atoms with Gasteiger partial charge in [-0.05, 0) is 52.3 Å². The van der Waals surface area contributed by atoms with Gasteiger partial charge in [0, 0.05) is 32.5 Å². The van der Waals surface area contributed by atoms with Gasteiger partial charge in [-0.2, -0.15) is 5.10 Å². The van der Waals surface area contributed by atoms with Crippen LogP contribution in [0.15, 0.2) is 83.7 Å². The Hall–Kier alpha value is -3.63. The number of fused-ring (bicyclic) bond motifs is 2. The van der Waals surface area contributed by atoms with Gasteiger partial charge < -0.3 is 18.1 Å². The normalized spacial score (nSPS) is 11.5. The molecular weight excluding hydrogens is 582 g/mol. The summed E-state index contributed by atoms with van der Waals surface area (Å²) in [6.07, 6.45) is 3.48. The number of nitrogens with one attached hydrogen (secondary N) is 1. The molecule has 5 aromatic rings. The number of benzene rings is 2. The number of hydrazone groups is 1. The van der Waals surface area contributed by atoms with E-state index in [1.165, 1.54) is 7.11 Å². The molecule has 0 unspecified atom stereocenters. The van der Waals surface area contributed by atoms with Gasteiger partial charge in [0.15, 0.2) is 5.76 Å². The SMILES string of the molecule is COC(=O)c1ccc(Cn2cc(/C=N\NC(=O)c3cc4cc(Br)cc(Br)c4o3)c3ccccc32)o1. The number of ether oxygens (including phenoxy) is 1. The zero-order valence-corrected chi connectivity index (χ0v) is 21.4. The molecule has 35 heavy (non-hydrogen) atoms. The Bertz CT molecular complexity index is 1610. The summed E-state index contributed by atoms with van der Waals surface area (Å²) in [5, 5.41) is 5.87. The van der Waals surface area contributed by atoms with Crippen molar-refractivity contribution in [3.8, 4) is 0 Å². The van der Waals surface area contributed by atoms with Crippen LogP contribution in [0.1, 0.15) is 32.4 Å². The molecule has 0 atom stereocenters. The number of hydrogen-bond donors (Lipinski definition) is 1. The average molecular weight is 599 g/mol. The van der Waals surface area contributed by atoms with Crippen molar-refractivity contribution in [3.63, 3.8) is 0 Å². The van der Waals surface area contributed by atoms with Gasteiger partial charge in [0.25, 0.3) is 0 Å². The van der Waals surface area contributed by atoms with E-state index >= 15 is 0 Å². The number of nitrogens with zero attached hydrogens (tertiary/aromatic N) is 2. The Morgan fingerprint density at radius 1 is 1.09 bits per heavy atom. The van der Waals surface area contributed by atoms with Crippen molar-refractivity contribution in [2.24, 2.45) is 5.10 Å². The smallest absolute Gasteiger partial charge is 0.373 e. The van der Waals surface area contributed by atoms with Crippen LogP contribution < -0.4 is 5.43 Å². The molecule has 3 heterocycles. The van der Waals surface area contributed by atoms with E-state index in [1.807, 2.05) is 47.2 Å². The maximum atomic E-state index is 12.6. The average Bonchev–Trinajstić information content (AvgIpc) is 3.57. The molecular formula is C25H17Br2N3O5. The molecule has 10 heteroatoms. The minimum Gasteiger partial charge on any atom is -0.463 e. The van der Waals surface area contributed by atoms with Crippen LogP contribution >= 0.6 is 31.9 Å². The van der Waals surface area contributed by atoms with Crippen molar-refractivity contribution >= 4 is 71.8 Å². The molecule has 176 valence electrons. The first-order chi connectivity index (χ1) is 16.9. The number of amides is 1. The molecule has 0 bridgehead atoms. The topological polar surface area (TPSA) is 99.0 Å². The second-order valence-corrected chi connectivity index (χ2v) is 9.37. The highest BCUT2D eigenvalue weighted by Crippen LogP contribution is 2.31. The Labute approximate surface area is 215 Å². The van der Waals surface area contributed by atoms with Crippen molar-refractivity contribution in [2.45, 2.75) is 6.54 Å². The standard InChI is InChI=1S/C25H17Br2N3O5/c1-33-25(32)21-7-6-17(34-21)13-30-12-15(18-4-2-3-5-20(18)30)11-28-29-24(31)22-9-14-8-16(26)10-19(27)23(14)35-22/h2-12H,13H2,1H3,(H,29,31)/b28-11-. The highest BCUT2D eigenvalue weighted by Gasteiger charge is 2.15. The number of rotatable bonds is 6. The third kappa shape index (κ3) is 4.67. The minimum atomic E-state index is -0.526. The lowest BCUT2D eigenvalue weighted by molar-refractivity contribution is 0.0562. The molecule has 0 saturated heterocycles. The number of furan rings is 2. The highest BCUT2D eigenvalue weighted by molar-refractivity contribution is 9.11. The fourth-order valence-corrected chi connectivity index (χ4v) is 5.09. The molecule has 1 N–H and O–H groups in total. The molecule has 0 aliphatic carbocycles. The lowest BCUT2D eigenvalue weighted by atomic mass is 10.2. The summed E-state index contributed by atoms with van der Waals surface area (Å²) in [4.78, 5) is 24.3. The lowest BCUT2D eigenvalue weighted by Crippen LogP contribution is -2.16. The van der Waals surface area contributed by atoms with Gasteiger partial charge in [-0.1, -0.05) is 34.1 Å². The molecule has 1 amide bonds. The summed E-state index contributed by atoms with van der Waals surface area (Å²) in [6, 6.07) is 16.5. The number of para-hydroxylation sites is 1. The zero-order valence-electron chi connectivity index (χ0n) is 18.2. The first kappa shape index (κ1) is 23.1. The van der Waals surface area contributed by atoms with Crippen LogP contribution in [0.4, 0.5) is 0 Å². The first-order valence-corrected chi connectivity index (χ1v) is 12.0. The molecule has 0 saturated carbocycles. The molecule has 0 fully saturated rings. The monoisotopic (exact) mass is 597 g/mol. The molecule has 0 radical (unpaired) electrons. The van der Waals surface area contributed by atoms with Crippen LogP contribution in [0.25, 0.3) is 21.9 Å². The molecule has 0 aliphatic rings. The first-order valence-electron chi connectivity index (χ1n) is 10.4. The third-order valence-corrected chi connectivity index (χ3v) is 6.37. The van der Waals surface area contributed by atoms with Crippen LogP contribution in [-0.2, 0) is 11.3 Å². The van der Waals surface area contributed by atoms with Gasteiger partial charge in [-0.25, -0.2) is 10.2 Å². The summed E-state index contributed by atoms with van der Waals surface area (Å²) in [6.45, 7) is 0.404. The van der Waals surface area contributed by atoms with E-state index in [4.69, 9.17) is 13.6 Å². The molecule has 5 rings (SSSR count). The van der Waals surface area contributed by atoms with Gasteiger partial charge in [-0.3, -0.25) is 4.79 Å². The lowest BCUT2D eigenvalue weighted by Gasteiger charge is -2.02. The number of esters is 1. The minimum absolute atomic E-state index is 0.147. The number of carbonyl (C=O) groups excluding carboxylic acids is 2.